The van der Waals surface area contributed by atoms with E-state index in [-0.39, 0.29) is 0 Å². The molecule has 1 aliphatic rings. The van der Waals surface area contributed by atoms with Crippen molar-refractivity contribution in [2.75, 3.05) is 13.1 Å². The number of nitrogens with one attached hydrogen (secondary N) is 1. The Morgan fingerprint density at radius 2 is 2.47 bits per heavy atom. The Labute approximate surface area is 103 Å². The normalized spacial score (nSPS) is 28.2. The van der Waals surface area contributed by atoms with Crippen molar-refractivity contribution in [1.82, 2.24) is 15.4 Å². The zero-order chi connectivity index (χ0) is 12.3. The molecule has 1 aliphatic heterocycles. The van der Waals surface area contributed by atoms with Crippen LogP contribution in [0.2, 0.25) is 0 Å². The Morgan fingerprint density at radius 1 is 1.65 bits per heavy atom. The number of hydrogen-bond donors (Lipinski definition) is 1. The number of nitrogens with zero attached hydrogens (tertiary/aromatic N) is 2. The van der Waals surface area contributed by atoms with Gasteiger partial charge in [0.1, 0.15) is 0 Å². The molecular weight excluding hydrogens is 214 g/mol. The van der Waals surface area contributed by atoms with Gasteiger partial charge in [-0.2, -0.15) is 0 Å². The Morgan fingerprint density at radius 3 is 3.12 bits per heavy atom. The molecule has 0 aliphatic carbocycles. The summed E-state index contributed by atoms with van der Waals surface area (Å²) in [6, 6.07) is 3.10. The van der Waals surface area contributed by atoms with Crippen LogP contribution < -0.4 is 5.32 Å². The SMILES string of the molecule is CCC(C)C1CN(Cc2ccno2)C(C)CN1. The highest BCUT2D eigenvalue weighted by molar-refractivity contribution is 4.95. The molecule has 4 nitrogen and oxygen atoms in total. The summed E-state index contributed by atoms with van der Waals surface area (Å²) in [5.41, 5.74) is 0. The molecular formula is C13H23N3O. The molecule has 1 aromatic heterocycles. The number of rotatable bonds is 4. The molecule has 0 radical (unpaired) electrons. The van der Waals surface area contributed by atoms with Crippen LogP contribution in [0.25, 0.3) is 0 Å². The van der Waals surface area contributed by atoms with Gasteiger partial charge in [-0.15, -0.1) is 0 Å². The van der Waals surface area contributed by atoms with E-state index in [2.05, 4.69) is 36.1 Å². The molecule has 0 aromatic carbocycles. The van der Waals surface area contributed by atoms with Gasteiger partial charge >= 0.3 is 0 Å². The first-order chi connectivity index (χ1) is 8.20. The van der Waals surface area contributed by atoms with Crippen molar-refractivity contribution in [3.8, 4) is 0 Å². The number of hydrogen-bond acceptors (Lipinski definition) is 4. The first kappa shape index (κ1) is 12.6. The highest BCUT2D eigenvalue weighted by Gasteiger charge is 2.28. The summed E-state index contributed by atoms with van der Waals surface area (Å²) in [6.07, 6.45) is 2.94. The molecule has 1 aromatic rings. The molecule has 0 amide bonds. The maximum atomic E-state index is 5.19. The Balaban J connectivity index is 1.95. The van der Waals surface area contributed by atoms with Gasteiger partial charge in [0.15, 0.2) is 5.76 Å². The predicted octanol–water partition coefficient (Wildman–Crippen LogP) is 1.88. The third-order valence-electron chi connectivity index (χ3n) is 3.91. The third kappa shape index (κ3) is 3.07. The monoisotopic (exact) mass is 237 g/mol. The van der Waals surface area contributed by atoms with E-state index >= 15 is 0 Å². The zero-order valence-corrected chi connectivity index (χ0v) is 11.0. The molecule has 4 heteroatoms. The van der Waals surface area contributed by atoms with Crippen LogP contribution in [-0.4, -0.2) is 35.2 Å². The summed E-state index contributed by atoms with van der Waals surface area (Å²) in [7, 11) is 0. The lowest BCUT2D eigenvalue weighted by atomic mass is 9.95. The van der Waals surface area contributed by atoms with E-state index in [1.165, 1.54) is 6.42 Å². The predicted molar refractivity (Wildman–Crippen MR) is 67.6 cm³/mol. The van der Waals surface area contributed by atoms with E-state index in [4.69, 9.17) is 4.52 Å². The summed E-state index contributed by atoms with van der Waals surface area (Å²) < 4.78 is 5.19. The van der Waals surface area contributed by atoms with Crippen LogP contribution in [0.1, 0.15) is 33.0 Å². The van der Waals surface area contributed by atoms with E-state index in [0.29, 0.717) is 12.1 Å². The second-order valence-electron chi connectivity index (χ2n) is 5.16. The topological polar surface area (TPSA) is 41.3 Å². The Kier molecular flexibility index (Phi) is 4.18. The van der Waals surface area contributed by atoms with Crippen LogP contribution in [0.15, 0.2) is 16.8 Å². The molecule has 3 unspecified atom stereocenters. The van der Waals surface area contributed by atoms with Crippen LogP contribution in [0.4, 0.5) is 0 Å². The highest BCUT2D eigenvalue weighted by Crippen LogP contribution is 2.17. The molecule has 0 bridgehead atoms. The van der Waals surface area contributed by atoms with Crippen molar-refractivity contribution >= 4 is 0 Å². The second kappa shape index (κ2) is 5.65. The van der Waals surface area contributed by atoms with Gasteiger partial charge in [-0.05, 0) is 12.8 Å². The first-order valence-electron chi connectivity index (χ1n) is 6.57. The van der Waals surface area contributed by atoms with Crippen LogP contribution in [0, 0.1) is 5.92 Å². The van der Waals surface area contributed by atoms with Gasteiger partial charge in [0.2, 0.25) is 0 Å². The van der Waals surface area contributed by atoms with Crippen LogP contribution in [-0.2, 0) is 6.54 Å². The maximum Gasteiger partial charge on any atom is 0.150 e. The highest BCUT2D eigenvalue weighted by atomic mass is 16.5. The van der Waals surface area contributed by atoms with E-state index in [1.54, 1.807) is 6.20 Å². The van der Waals surface area contributed by atoms with Gasteiger partial charge in [0, 0.05) is 31.2 Å². The summed E-state index contributed by atoms with van der Waals surface area (Å²) in [4.78, 5) is 2.48. The van der Waals surface area contributed by atoms with Crippen molar-refractivity contribution in [2.45, 2.75) is 45.8 Å². The molecule has 3 atom stereocenters. The molecule has 0 spiro atoms. The molecule has 2 heterocycles. The van der Waals surface area contributed by atoms with Gasteiger partial charge < -0.3 is 9.84 Å². The fraction of sp³-hybridized carbons (Fsp3) is 0.769. The van der Waals surface area contributed by atoms with Crippen LogP contribution in [0.5, 0.6) is 0 Å². The quantitative estimate of drug-likeness (QED) is 0.868. The fourth-order valence-corrected chi connectivity index (χ4v) is 2.36. The van der Waals surface area contributed by atoms with E-state index in [1.807, 2.05) is 6.07 Å². The average molecular weight is 237 g/mol. The number of piperazine rings is 1. The number of aromatic nitrogens is 1. The van der Waals surface area contributed by atoms with Crippen molar-refractivity contribution in [3.63, 3.8) is 0 Å². The smallest absolute Gasteiger partial charge is 0.150 e. The summed E-state index contributed by atoms with van der Waals surface area (Å²) in [5, 5.41) is 7.41. The molecule has 17 heavy (non-hydrogen) atoms. The molecule has 96 valence electrons. The molecule has 1 saturated heterocycles. The standard InChI is InChI=1S/C13H23N3O/c1-4-10(2)13-9-16(11(3)7-14-13)8-12-5-6-15-17-12/h5-6,10-11,13-14H,4,7-9H2,1-3H3. The minimum atomic E-state index is 0.556. The minimum absolute atomic E-state index is 0.556. The molecule has 0 saturated carbocycles. The van der Waals surface area contributed by atoms with Gasteiger partial charge in [0.05, 0.1) is 12.7 Å². The summed E-state index contributed by atoms with van der Waals surface area (Å²) in [5.74, 6) is 1.68. The largest absolute Gasteiger partial charge is 0.360 e. The van der Waals surface area contributed by atoms with E-state index < -0.39 is 0 Å². The lowest BCUT2D eigenvalue weighted by Crippen LogP contribution is -2.56. The van der Waals surface area contributed by atoms with Crippen molar-refractivity contribution in [2.24, 2.45) is 5.92 Å². The lowest BCUT2D eigenvalue weighted by molar-refractivity contribution is 0.102. The minimum Gasteiger partial charge on any atom is -0.360 e. The summed E-state index contributed by atoms with van der Waals surface area (Å²) in [6.45, 7) is 9.86. The molecule has 2 rings (SSSR count). The lowest BCUT2D eigenvalue weighted by Gasteiger charge is -2.40. The van der Waals surface area contributed by atoms with Crippen molar-refractivity contribution in [1.29, 1.82) is 0 Å². The van der Waals surface area contributed by atoms with Crippen LogP contribution >= 0.6 is 0 Å². The van der Waals surface area contributed by atoms with Crippen LogP contribution in [0.3, 0.4) is 0 Å². The maximum absolute atomic E-state index is 5.19. The molecule has 1 fully saturated rings. The van der Waals surface area contributed by atoms with Gasteiger partial charge in [-0.1, -0.05) is 25.4 Å². The van der Waals surface area contributed by atoms with Gasteiger partial charge in [0.25, 0.3) is 0 Å². The fourth-order valence-electron chi connectivity index (χ4n) is 2.36. The van der Waals surface area contributed by atoms with Gasteiger partial charge in [-0.3, -0.25) is 4.90 Å². The van der Waals surface area contributed by atoms with E-state index in [0.717, 1.165) is 31.3 Å². The van der Waals surface area contributed by atoms with Crippen molar-refractivity contribution < 1.29 is 4.52 Å². The second-order valence-corrected chi connectivity index (χ2v) is 5.16. The Hall–Kier alpha value is -0.870. The summed E-state index contributed by atoms with van der Waals surface area (Å²) >= 11 is 0. The van der Waals surface area contributed by atoms with Crippen molar-refractivity contribution in [3.05, 3.63) is 18.0 Å². The van der Waals surface area contributed by atoms with E-state index in [9.17, 15) is 0 Å². The molecule has 1 N–H and O–H groups in total. The van der Waals surface area contributed by atoms with Gasteiger partial charge in [-0.25, -0.2) is 0 Å². The zero-order valence-electron chi connectivity index (χ0n) is 11.0. The third-order valence-corrected chi connectivity index (χ3v) is 3.91. The Bertz CT molecular complexity index is 325. The average Bonchev–Trinajstić information content (AvgIpc) is 2.84. The first-order valence-corrected chi connectivity index (χ1v) is 6.57.